The molecular formula is C12H14FN3O2S2. The number of nitrogen functional groups attached to an aromatic ring is 1. The Morgan fingerprint density at radius 3 is 2.80 bits per heavy atom. The third kappa shape index (κ3) is 3.53. The lowest BCUT2D eigenvalue weighted by atomic mass is 10.1. The van der Waals surface area contributed by atoms with E-state index >= 15 is 0 Å². The summed E-state index contributed by atoms with van der Waals surface area (Å²) in [7, 11) is -3.62. The van der Waals surface area contributed by atoms with Crippen LogP contribution in [-0.4, -0.2) is 19.9 Å². The van der Waals surface area contributed by atoms with Crippen LogP contribution in [0.25, 0.3) is 0 Å². The van der Waals surface area contributed by atoms with Gasteiger partial charge in [0, 0.05) is 6.54 Å². The highest BCUT2D eigenvalue weighted by molar-refractivity contribution is 7.91. The van der Waals surface area contributed by atoms with E-state index in [2.05, 4.69) is 9.71 Å². The third-order valence-corrected chi connectivity index (χ3v) is 5.67. The van der Waals surface area contributed by atoms with Crippen molar-refractivity contribution in [1.82, 2.24) is 9.71 Å². The molecule has 0 atom stereocenters. The maximum absolute atomic E-state index is 13.0. The van der Waals surface area contributed by atoms with Gasteiger partial charge in [-0.2, -0.15) is 0 Å². The summed E-state index contributed by atoms with van der Waals surface area (Å²) in [5.41, 5.74) is 6.60. The molecule has 0 saturated carbocycles. The highest BCUT2D eigenvalue weighted by Crippen LogP contribution is 2.24. The Bertz CT molecular complexity index is 713. The Hall–Kier alpha value is -1.51. The molecule has 2 aromatic rings. The number of sulfonamides is 1. The molecule has 0 amide bonds. The van der Waals surface area contributed by atoms with Crippen molar-refractivity contribution in [2.75, 3.05) is 12.3 Å². The Morgan fingerprint density at radius 1 is 1.45 bits per heavy atom. The number of benzene rings is 1. The van der Waals surface area contributed by atoms with Gasteiger partial charge >= 0.3 is 0 Å². The molecule has 0 aliphatic heterocycles. The number of anilines is 1. The number of hydrogen-bond acceptors (Lipinski definition) is 5. The zero-order valence-corrected chi connectivity index (χ0v) is 12.4. The first-order valence-corrected chi connectivity index (χ1v) is 8.15. The minimum absolute atomic E-state index is 0.120. The average molecular weight is 315 g/mol. The van der Waals surface area contributed by atoms with Crippen molar-refractivity contribution in [3.63, 3.8) is 0 Å². The molecule has 0 fully saturated rings. The van der Waals surface area contributed by atoms with E-state index in [-0.39, 0.29) is 21.7 Å². The predicted octanol–water partition coefficient (Wildman–Crippen LogP) is 1.69. The van der Waals surface area contributed by atoms with Crippen LogP contribution in [0.4, 0.5) is 9.52 Å². The van der Waals surface area contributed by atoms with Crippen molar-refractivity contribution in [2.45, 2.75) is 17.6 Å². The highest BCUT2D eigenvalue weighted by atomic mass is 32.2. The van der Waals surface area contributed by atoms with Crippen molar-refractivity contribution in [1.29, 1.82) is 0 Å². The Kier molecular flexibility index (Phi) is 4.36. The molecule has 0 bridgehead atoms. The number of halogens is 1. The first kappa shape index (κ1) is 14.9. The lowest BCUT2D eigenvalue weighted by molar-refractivity contribution is 0.583. The van der Waals surface area contributed by atoms with Gasteiger partial charge in [0.25, 0.3) is 10.0 Å². The normalized spacial score (nSPS) is 11.7. The molecule has 8 heteroatoms. The minimum Gasteiger partial charge on any atom is -0.375 e. The average Bonchev–Trinajstić information content (AvgIpc) is 2.69. The minimum atomic E-state index is -3.62. The molecule has 108 valence electrons. The number of nitrogens with two attached hydrogens (primary N) is 1. The van der Waals surface area contributed by atoms with Gasteiger partial charge in [0.05, 0.1) is 5.69 Å². The number of rotatable bonds is 5. The molecule has 3 N–H and O–H groups in total. The summed E-state index contributed by atoms with van der Waals surface area (Å²) in [6.45, 7) is 1.77. The van der Waals surface area contributed by atoms with Gasteiger partial charge in [0.2, 0.25) is 0 Å². The summed E-state index contributed by atoms with van der Waals surface area (Å²) in [5, 5.41) is 0.216. The highest BCUT2D eigenvalue weighted by Gasteiger charge is 2.20. The summed E-state index contributed by atoms with van der Waals surface area (Å²) in [4.78, 5) is 3.88. The zero-order chi connectivity index (χ0) is 14.8. The van der Waals surface area contributed by atoms with E-state index in [0.717, 1.165) is 16.9 Å². The standard InChI is InChI=1S/C12H14FN3O2S2/c1-8-11(19-12(14)16-8)20(17,18)15-6-5-9-3-2-4-10(13)7-9/h2-4,7,15H,5-6H2,1H3,(H2,14,16). The van der Waals surface area contributed by atoms with Crippen LogP contribution in [0, 0.1) is 12.7 Å². The smallest absolute Gasteiger partial charge is 0.252 e. The van der Waals surface area contributed by atoms with Crippen LogP contribution >= 0.6 is 11.3 Å². The summed E-state index contributed by atoms with van der Waals surface area (Å²) < 4.78 is 39.7. The molecular weight excluding hydrogens is 301 g/mol. The Morgan fingerprint density at radius 2 is 2.20 bits per heavy atom. The van der Waals surface area contributed by atoms with Gasteiger partial charge < -0.3 is 5.73 Å². The zero-order valence-electron chi connectivity index (χ0n) is 10.8. The fourth-order valence-electron chi connectivity index (χ4n) is 1.74. The first-order valence-electron chi connectivity index (χ1n) is 5.85. The van der Waals surface area contributed by atoms with Crippen LogP contribution in [0.15, 0.2) is 28.5 Å². The molecule has 1 aromatic heterocycles. The number of nitrogens with one attached hydrogen (secondary N) is 1. The number of aromatic nitrogens is 1. The van der Waals surface area contributed by atoms with Gasteiger partial charge in [-0.25, -0.2) is 22.5 Å². The van der Waals surface area contributed by atoms with E-state index in [1.54, 1.807) is 19.1 Å². The molecule has 0 saturated heterocycles. The lowest BCUT2D eigenvalue weighted by Gasteiger charge is -2.05. The number of aryl methyl sites for hydroxylation is 1. The van der Waals surface area contributed by atoms with E-state index < -0.39 is 10.0 Å². The van der Waals surface area contributed by atoms with Crippen molar-refractivity contribution in [3.05, 3.63) is 41.3 Å². The molecule has 1 aromatic carbocycles. The van der Waals surface area contributed by atoms with E-state index in [0.29, 0.717) is 12.1 Å². The van der Waals surface area contributed by atoms with Gasteiger partial charge in [-0.1, -0.05) is 23.5 Å². The SMILES string of the molecule is Cc1nc(N)sc1S(=O)(=O)NCCc1cccc(F)c1. The molecule has 0 spiro atoms. The Labute approximate surface area is 120 Å². The summed E-state index contributed by atoms with van der Waals surface area (Å²) in [5.74, 6) is -0.337. The second-order valence-corrected chi connectivity index (χ2v) is 7.20. The quantitative estimate of drug-likeness (QED) is 0.879. The van der Waals surface area contributed by atoms with Crippen LogP contribution in [0.5, 0.6) is 0 Å². The van der Waals surface area contributed by atoms with Gasteiger partial charge in [-0.05, 0) is 31.0 Å². The summed E-state index contributed by atoms with van der Waals surface area (Å²) in [6, 6.07) is 6.06. The number of thiazole rings is 1. The van der Waals surface area contributed by atoms with Crippen LogP contribution < -0.4 is 10.5 Å². The topological polar surface area (TPSA) is 85.1 Å². The summed E-state index contributed by atoms with van der Waals surface area (Å²) >= 11 is 0.926. The molecule has 0 aliphatic carbocycles. The van der Waals surface area contributed by atoms with E-state index in [1.807, 2.05) is 0 Å². The fraction of sp³-hybridized carbons (Fsp3) is 0.250. The van der Waals surface area contributed by atoms with Crippen LogP contribution in [0.3, 0.4) is 0 Å². The maximum Gasteiger partial charge on any atom is 0.252 e. The molecule has 5 nitrogen and oxygen atoms in total. The molecule has 20 heavy (non-hydrogen) atoms. The number of nitrogens with zero attached hydrogens (tertiary/aromatic N) is 1. The number of hydrogen-bond donors (Lipinski definition) is 2. The summed E-state index contributed by atoms with van der Waals surface area (Å²) in [6.07, 6.45) is 0.407. The first-order chi connectivity index (χ1) is 9.38. The molecule has 0 radical (unpaired) electrons. The third-order valence-electron chi connectivity index (χ3n) is 2.61. The van der Waals surface area contributed by atoms with E-state index in [4.69, 9.17) is 5.73 Å². The monoisotopic (exact) mass is 315 g/mol. The molecule has 0 unspecified atom stereocenters. The second-order valence-electron chi connectivity index (χ2n) is 4.20. The Balaban J connectivity index is 2.01. The molecule has 2 rings (SSSR count). The lowest BCUT2D eigenvalue weighted by Crippen LogP contribution is -2.25. The van der Waals surface area contributed by atoms with Gasteiger partial charge in [0.1, 0.15) is 5.82 Å². The van der Waals surface area contributed by atoms with Gasteiger partial charge in [-0.3, -0.25) is 0 Å². The fourth-order valence-corrected chi connectivity index (χ4v) is 4.11. The second kappa shape index (κ2) is 5.86. The van der Waals surface area contributed by atoms with Crippen molar-refractivity contribution >= 4 is 26.5 Å². The van der Waals surface area contributed by atoms with Crippen molar-refractivity contribution in [3.8, 4) is 0 Å². The van der Waals surface area contributed by atoms with Crippen molar-refractivity contribution in [2.24, 2.45) is 0 Å². The van der Waals surface area contributed by atoms with Gasteiger partial charge in [0.15, 0.2) is 9.34 Å². The van der Waals surface area contributed by atoms with Gasteiger partial charge in [-0.15, -0.1) is 0 Å². The largest absolute Gasteiger partial charge is 0.375 e. The molecule has 1 heterocycles. The van der Waals surface area contributed by atoms with E-state index in [1.165, 1.54) is 12.1 Å². The van der Waals surface area contributed by atoms with Crippen LogP contribution in [0.2, 0.25) is 0 Å². The van der Waals surface area contributed by atoms with E-state index in [9.17, 15) is 12.8 Å². The maximum atomic E-state index is 13.0. The molecule has 0 aliphatic rings. The van der Waals surface area contributed by atoms with Crippen LogP contribution in [0.1, 0.15) is 11.3 Å². The predicted molar refractivity (Wildman–Crippen MR) is 76.6 cm³/mol. The van der Waals surface area contributed by atoms with Crippen LogP contribution in [-0.2, 0) is 16.4 Å². The van der Waals surface area contributed by atoms with Crippen molar-refractivity contribution < 1.29 is 12.8 Å².